The van der Waals surface area contributed by atoms with Gasteiger partial charge in [0.15, 0.2) is 11.2 Å². The van der Waals surface area contributed by atoms with Crippen LogP contribution in [0.4, 0.5) is 5.95 Å². The van der Waals surface area contributed by atoms with Gasteiger partial charge in [0.2, 0.25) is 5.95 Å². The molecule has 366 valence electrons. The number of hydrogen-bond acceptors (Lipinski definition) is 10. The number of nitrogen functional groups attached to an aromatic ring is 1. The summed E-state index contributed by atoms with van der Waals surface area (Å²) in [5, 5.41) is 0. The Bertz CT molecular complexity index is 1610. The molecule has 0 aliphatic heterocycles. The highest BCUT2D eigenvalue weighted by molar-refractivity contribution is 7.47. The lowest BCUT2D eigenvalue weighted by Gasteiger charge is -2.45. The van der Waals surface area contributed by atoms with Crippen LogP contribution in [0.3, 0.4) is 0 Å². The van der Waals surface area contributed by atoms with E-state index in [0.29, 0.717) is 19.3 Å². The number of nitrogens with two attached hydrogens (primary N) is 1. The van der Waals surface area contributed by atoms with E-state index >= 15 is 0 Å². The van der Waals surface area contributed by atoms with Crippen molar-refractivity contribution in [3.8, 4) is 0 Å². The Balaban J connectivity index is 1.31. The summed E-state index contributed by atoms with van der Waals surface area (Å²) in [5.41, 5.74) is 5.74. The molecule has 1 saturated carbocycles. The van der Waals surface area contributed by atoms with Crippen molar-refractivity contribution in [3.05, 3.63) is 16.7 Å². The number of anilines is 1. The molecule has 63 heavy (non-hydrogen) atoms. The van der Waals surface area contributed by atoms with E-state index in [1.807, 2.05) is 0 Å². The maximum Gasteiger partial charge on any atom is 0.472 e. The van der Waals surface area contributed by atoms with E-state index in [9.17, 15) is 23.7 Å². The van der Waals surface area contributed by atoms with Gasteiger partial charge in [-0.3, -0.25) is 27.9 Å². The summed E-state index contributed by atoms with van der Waals surface area (Å²) in [5.74, 6) is -0.845. The third-order valence-corrected chi connectivity index (χ3v) is 14.8. The number of imidazole rings is 1. The number of H-pyrrole nitrogens is 1. The number of phosphoric ester groups is 2. The summed E-state index contributed by atoms with van der Waals surface area (Å²) >= 11 is 0. The topological polar surface area (TPSA) is 201 Å². The van der Waals surface area contributed by atoms with E-state index in [0.717, 1.165) is 38.5 Å². The zero-order valence-electron chi connectivity index (χ0n) is 39.5. The van der Waals surface area contributed by atoms with Gasteiger partial charge < -0.3 is 20.1 Å². The molecule has 14 nitrogen and oxygen atoms in total. The van der Waals surface area contributed by atoms with Gasteiger partial charge in [-0.2, -0.15) is 4.98 Å². The quantitative estimate of drug-likeness (QED) is 0.0363. The van der Waals surface area contributed by atoms with Gasteiger partial charge in [0.05, 0.1) is 32.8 Å². The van der Waals surface area contributed by atoms with Gasteiger partial charge in [-0.1, -0.05) is 206 Å². The van der Waals surface area contributed by atoms with Gasteiger partial charge in [0.25, 0.3) is 5.56 Å². The Hall–Kier alpha value is -1.63. The molecule has 3 rings (SSSR count). The highest BCUT2D eigenvalue weighted by atomic mass is 31.2. The molecule has 1 fully saturated rings. The third kappa shape index (κ3) is 24.6. The van der Waals surface area contributed by atoms with Gasteiger partial charge in [-0.15, -0.1) is 0 Å². The van der Waals surface area contributed by atoms with Crippen LogP contribution in [0.5, 0.6) is 0 Å². The standard InChI is InChI=1S/C47H89N5O9P2/c1-3-5-7-9-11-13-15-17-19-21-23-25-27-29-31-33-35-58-62(54,55)60-38-41-37-43(52-40-49-44-45(52)50-47(48)51-46(44)53)42(41)39-61-63(56,57)59-36-34-32-30-28-26-24-22-20-18-16-14-12-10-8-6-4-2/h40-43H,3-39H2,1-2H3,(H,54,55)(H,56,57)(H3,48,50,51,53)/t41-,42+,43-/m1/s1. The normalized spacial score (nSPS) is 18.4. The lowest BCUT2D eigenvalue weighted by atomic mass is 9.70. The number of phosphoric acid groups is 2. The SMILES string of the molecule is CCCCCCCCCCCCCCCCCCOP(=O)(O)OC[C@H]1C[C@@H](n2cnc3c(=O)[nH]c(N)nc32)[C@H]1COP(=O)(O)OCCCCCCCCCCCCCCCCCC. The number of aromatic nitrogens is 4. The van der Waals surface area contributed by atoms with Crippen LogP contribution >= 0.6 is 15.6 Å². The number of rotatable bonds is 43. The summed E-state index contributed by atoms with van der Waals surface area (Å²) in [6.07, 6.45) is 41.5. The Labute approximate surface area is 380 Å². The fraction of sp³-hybridized carbons (Fsp3) is 0.894. The van der Waals surface area contributed by atoms with E-state index in [1.165, 1.54) is 160 Å². The summed E-state index contributed by atoms with van der Waals surface area (Å²) < 4.78 is 49.1. The highest BCUT2D eigenvalue weighted by Gasteiger charge is 2.45. The summed E-state index contributed by atoms with van der Waals surface area (Å²) in [4.78, 5) is 44.4. The van der Waals surface area contributed by atoms with Crippen LogP contribution in [0.15, 0.2) is 11.1 Å². The first-order valence-corrected chi connectivity index (χ1v) is 28.5. The second-order valence-corrected chi connectivity index (χ2v) is 21.2. The first kappa shape index (κ1) is 55.7. The second kappa shape index (κ2) is 33.8. The maximum absolute atomic E-state index is 13.0. The smallest absolute Gasteiger partial charge is 0.369 e. The number of aromatic amines is 1. The van der Waals surface area contributed by atoms with Gasteiger partial charge in [-0.25, -0.2) is 14.1 Å². The van der Waals surface area contributed by atoms with Gasteiger partial charge in [0.1, 0.15) is 0 Å². The fourth-order valence-corrected chi connectivity index (χ4v) is 10.4. The number of nitrogens with one attached hydrogen (secondary N) is 1. The van der Waals surface area contributed by atoms with Crippen LogP contribution < -0.4 is 11.3 Å². The number of unbranched alkanes of at least 4 members (excludes halogenated alkanes) is 30. The van der Waals surface area contributed by atoms with Crippen molar-refractivity contribution in [1.82, 2.24) is 19.5 Å². The predicted molar refractivity (Wildman–Crippen MR) is 256 cm³/mol. The molecule has 0 aromatic carbocycles. The minimum absolute atomic E-state index is 0.0636. The van der Waals surface area contributed by atoms with Crippen LogP contribution in [0.2, 0.25) is 0 Å². The van der Waals surface area contributed by atoms with Crippen LogP contribution in [-0.2, 0) is 27.2 Å². The van der Waals surface area contributed by atoms with E-state index in [-0.39, 0.29) is 55.5 Å². The minimum Gasteiger partial charge on any atom is -0.369 e. The molecular weight excluding hydrogens is 840 g/mol. The molecule has 5 atom stereocenters. The van der Waals surface area contributed by atoms with Crippen molar-refractivity contribution in [2.75, 3.05) is 32.2 Å². The van der Waals surface area contributed by atoms with E-state index in [1.54, 1.807) is 4.57 Å². The van der Waals surface area contributed by atoms with Crippen molar-refractivity contribution in [2.45, 2.75) is 232 Å². The van der Waals surface area contributed by atoms with Crippen molar-refractivity contribution in [2.24, 2.45) is 11.8 Å². The minimum atomic E-state index is -4.39. The fourth-order valence-electron chi connectivity index (χ4n) is 8.83. The molecule has 2 aromatic heterocycles. The molecule has 1 aliphatic carbocycles. The number of hydrogen-bond donors (Lipinski definition) is 4. The molecule has 0 spiro atoms. The lowest BCUT2D eigenvalue weighted by Crippen LogP contribution is -2.43. The number of fused-ring (bicyclic) bond motifs is 1. The molecule has 0 saturated heterocycles. The molecule has 16 heteroatoms. The molecule has 2 heterocycles. The first-order chi connectivity index (χ1) is 30.6. The predicted octanol–water partition coefficient (Wildman–Crippen LogP) is 13.7. The molecule has 2 aromatic rings. The van der Waals surface area contributed by atoms with Gasteiger partial charge in [-0.05, 0) is 25.2 Å². The monoisotopic (exact) mass is 930 g/mol. The Kier molecular flexibility index (Phi) is 29.9. The Morgan fingerprint density at radius 3 is 1.37 bits per heavy atom. The summed E-state index contributed by atoms with van der Waals surface area (Å²) in [6.45, 7) is 4.43. The van der Waals surface area contributed by atoms with Crippen LogP contribution in [0.1, 0.15) is 232 Å². The molecule has 5 N–H and O–H groups in total. The summed E-state index contributed by atoms with van der Waals surface area (Å²) in [7, 11) is -8.72. The van der Waals surface area contributed by atoms with Gasteiger partial charge in [0, 0.05) is 12.0 Å². The van der Waals surface area contributed by atoms with E-state index < -0.39 is 27.1 Å². The van der Waals surface area contributed by atoms with Crippen LogP contribution in [-0.4, -0.2) is 55.7 Å². The van der Waals surface area contributed by atoms with Crippen LogP contribution in [0.25, 0.3) is 11.2 Å². The molecule has 0 bridgehead atoms. The van der Waals surface area contributed by atoms with Crippen molar-refractivity contribution < 1.29 is 37.0 Å². The van der Waals surface area contributed by atoms with E-state index in [4.69, 9.17) is 23.8 Å². The molecular formula is C47H89N5O9P2. The average Bonchev–Trinajstić information content (AvgIpc) is 3.66. The van der Waals surface area contributed by atoms with Gasteiger partial charge >= 0.3 is 15.6 Å². The van der Waals surface area contributed by atoms with Crippen molar-refractivity contribution >= 4 is 32.8 Å². The molecule has 0 radical (unpaired) electrons. The summed E-state index contributed by atoms with van der Waals surface area (Å²) in [6, 6.07) is -0.360. The zero-order chi connectivity index (χ0) is 45.4. The molecule has 0 amide bonds. The number of nitrogens with zero attached hydrogens (tertiary/aromatic N) is 3. The average molecular weight is 930 g/mol. The van der Waals surface area contributed by atoms with Crippen LogP contribution in [0, 0.1) is 11.8 Å². The Morgan fingerprint density at radius 1 is 0.603 bits per heavy atom. The Morgan fingerprint density at radius 2 is 0.968 bits per heavy atom. The second-order valence-electron chi connectivity index (χ2n) is 18.3. The van der Waals surface area contributed by atoms with Crippen molar-refractivity contribution in [3.63, 3.8) is 0 Å². The van der Waals surface area contributed by atoms with E-state index in [2.05, 4.69) is 28.8 Å². The molecule has 2 unspecified atom stereocenters. The van der Waals surface area contributed by atoms with Crippen molar-refractivity contribution in [1.29, 1.82) is 0 Å². The molecule has 1 aliphatic rings. The first-order valence-electron chi connectivity index (χ1n) is 25.5. The lowest BCUT2D eigenvalue weighted by molar-refractivity contribution is -0.0108. The highest BCUT2D eigenvalue weighted by Crippen LogP contribution is 2.52. The zero-order valence-corrected chi connectivity index (χ0v) is 41.3. The maximum atomic E-state index is 13.0. The third-order valence-electron chi connectivity index (χ3n) is 12.8. The largest absolute Gasteiger partial charge is 0.472 e.